The van der Waals surface area contributed by atoms with Gasteiger partial charge in [0.2, 0.25) is 0 Å². The molecule has 0 fully saturated rings. The number of nitrogens with one attached hydrogen (secondary N) is 1. The van der Waals surface area contributed by atoms with E-state index in [1.807, 2.05) is 6.07 Å². The molecule has 0 heterocycles. The zero-order valence-electron chi connectivity index (χ0n) is 18.2. The molecule has 1 N–H and O–H groups in total. The fourth-order valence-electron chi connectivity index (χ4n) is 3.27. The molecule has 0 radical (unpaired) electrons. The van der Waals surface area contributed by atoms with Crippen LogP contribution in [0.3, 0.4) is 0 Å². The van der Waals surface area contributed by atoms with Crippen LogP contribution in [-0.2, 0) is 20.7 Å². The predicted octanol–water partition coefficient (Wildman–Crippen LogP) is 3.22. The van der Waals surface area contributed by atoms with Crippen molar-refractivity contribution in [2.24, 2.45) is 0 Å². The predicted molar refractivity (Wildman–Crippen MR) is 121 cm³/mol. The molecule has 0 spiro atoms. The second-order valence-corrected chi connectivity index (χ2v) is 7.22. The van der Waals surface area contributed by atoms with Crippen molar-refractivity contribution in [2.75, 3.05) is 14.2 Å². The molecule has 7 nitrogen and oxygen atoms in total. The minimum Gasteiger partial charge on any atom is -0.467 e. The summed E-state index contributed by atoms with van der Waals surface area (Å²) in [5.74, 6) is -1.83. The monoisotopic (exact) mass is 445 g/mol. The van der Waals surface area contributed by atoms with E-state index in [2.05, 4.69) is 10.1 Å². The highest BCUT2D eigenvalue weighted by atomic mass is 16.5. The molecule has 0 bridgehead atoms. The zero-order chi connectivity index (χ0) is 23.8. The lowest BCUT2D eigenvalue weighted by atomic mass is 9.99. The number of rotatable bonds is 8. The lowest BCUT2D eigenvalue weighted by Crippen LogP contribution is -2.43. The van der Waals surface area contributed by atoms with Gasteiger partial charge in [-0.1, -0.05) is 60.7 Å². The highest BCUT2D eigenvalue weighted by Gasteiger charge is 2.23. The Morgan fingerprint density at radius 1 is 0.727 bits per heavy atom. The fraction of sp³-hybridized carbons (Fsp3) is 0.154. The second kappa shape index (κ2) is 10.9. The quantitative estimate of drug-likeness (QED) is 0.422. The maximum atomic E-state index is 12.7. The molecule has 33 heavy (non-hydrogen) atoms. The van der Waals surface area contributed by atoms with E-state index in [4.69, 9.17) is 4.74 Å². The maximum absolute atomic E-state index is 12.7. The molecular weight excluding hydrogens is 422 g/mol. The van der Waals surface area contributed by atoms with Crippen LogP contribution in [0.25, 0.3) is 0 Å². The van der Waals surface area contributed by atoms with Crippen LogP contribution in [0.2, 0.25) is 0 Å². The summed E-state index contributed by atoms with van der Waals surface area (Å²) >= 11 is 0. The fourth-order valence-corrected chi connectivity index (χ4v) is 3.27. The third kappa shape index (κ3) is 5.92. The molecule has 0 unspecified atom stereocenters. The van der Waals surface area contributed by atoms with Crippen molar-refractivity contribution in [3.05, 3.63) is 107 Å². The van der Waals surface area contributed by atoms with Crippen LogP contribution < -0.4 is 5.32 Å². The standard InChI is InChI=1S/C26H23NO6/c1-32-25(30)21-10-6-9-20(16-21)24(29)27-22(26(31)33-2)15-17-11-13-19(14-12-17)23(28)18-7-4-3-5-8-18/h3-14,16,22H,15H2,1-2H3,(H,27,29)/t22-/m1/s1. The zero-order valence-corrected chi connectivity index (χ0v) is 18.2. The van der Waals surface area contributed by atoms with E-state index in [-0.39, 0.29) is 23.3 Å². The molecule has 7 heteroatoms. The summed E-state index contributed by atoms with van der Waals surface area (Å²) in [6.45, 7) is 0. The third-order valence-electron chi connectivity index (χ3n) is 5.03. The number of ether oxygens (including phenoxy) is 2. The first-order valence-corrected chi connectivity index (χ1v) is 10.2. The van der Waals surface area contributed by atoms with Crippen LogP contribution in [0.5, 0.6) is 0 Å². The Kier molecular flexibility index (Phi) is 7.70. The summed E-state index contributed by atoms with van der Waals surface area (Å²) in [7, 11) is 2.49. The molecule has 3 aromatic rings. The summed E-state index contributed by atoms with van der Waals surface area (Å²) in [6.07, 6.45) is 0.162. The Balaban J connectivity index is 1.73. The topological polar surface area (TPSA) is 98.8 Å². The van der Waals surface area contributed by atoms with E-state index in [1.54, 1.807) is 54.6 Å². The smallest absolute Gasteiger partial charge is 0.337 e. The van der Waals surface area contributed by atoms with Gasteiger partial charge in [0.25, 0.3) is 5.91 Å². The van der Waals surface area contributed by atoms with E-state index in [0.717, 1.165) is 5.56 Å². The number of carbonyl (C=O) groups is 4. The van der Waals surface area contributed by atoms with Gasteiger partial charge in [-0.15, -0.1) is 0 Å². The summed E-state index contributed by atoms with van der Waals surface area (Å²) in [5, 5.41) is 2.65. The third-order valence-corrected chi connectivity index (χ3v) is 5.03. The number of benzene rings is 3. The lowest BCUT2D eigenvalue weighted by molar-refractivity contribution is -0.142. The van der Waals surface area contributed by atoms with Crippen LogP contribution in [0.15, 0.2) is 78.9 Å². The average Bonchev–Trinajstić information content (AvgIpc) is 2.87. The van der Waals surface area contributed by atoms with Crippen molar-refractivity contribution in [3.8, 4) is 0 Å². The van der Waals surface area contributed by atoms with Crippen LogP contribution in [0.4, 0.5) is 0 Å². The summed E-state index contributed by atoms with van der Waals surface area (Å²) in [5.41, 5.74) is 2.26. The van der Waals surface area contributed by atoms with E-state index in [9.17, 15) is 19.2 Å². The minimum absolute atomic E-state index is 0.106. The van der Waals surface area contributed by atoms with Crippen molar-refractivity contribution >= 4 is 23.6 Å². The van der Waals surface area contributed by atoms with E-state index < -0.39 is 23.9 Å². The van der Waals surface area contributed by atoms with Crippen LogP contribution in [-0.4, -0.2) is 43.9 Å². The molecule has 168 valence electrons. The molecule has 0 saturated heterocycles. The van der Waals surface area contributed by atoms with E-state index in [1.165, 1.54) is 32.4 Å². The van der Waals surface area contributed by atoms with Gasteiger partial charge in [0.1, 0.15) is 6.04 Å². The Hall–Kier alpha value is -4.26. The molecule has 0 aromatic heterocycles. The largest absolute Gasteiger partial charge is 0.467 e. The van der Waals surface area contributed by atoms with Crippen molar-refractivity contribution in [1.29, 1.82) is 0 Å². The number of hydrogen-bond acceptors (Lipinski definition) is 6. The number of amides is 1. The molecule has 1 atom stereocenters. The van der Waals surface area contributed by atoms with Gasteiger partial charge in [-0.25, -0.2) is 9.59 Å². The average molecular weight is 445 g/mol. The van der Waals surface area contributed by atoms with Gasteiger partial charge in [0, 0.05) is 23.1 Å². The van der Waals surface area contributed by atoms with Gasteiger partial charge in [-0.2, -0.15) is 0 Å². The van der Waals surface area contributed by atoms with Gasteiger partial charge in [0.05, 0.1) is 19.8 Å². The number of carbonyl (C=O) groups excluding carboxylic acids is 4. The number of hydrogen-bond donors (Lipinski definition) is 1. The first kappa shape index (κ1) is 23.4. The Bertz CT molecular complexity index is 1150. The summed E-state index contributed by atoms with van der Waals surface area (Å²) < 4.78 is 9.51. The maximum Gasteiger partial charge on any atom is 0.337 e. The molecule has 3 aromatic carbocycles. The summed E-state index contributed by atoms with van der Waals surface area (Å²) in [6, 6.07) is 20.8. The van der Waals surface area contributed by atoms with Crippen LogP contribution in [0.1, 0.15) is 42.2 Å². The van der Waals surface area contributed by atoms with Gasteiger partial charge >= 0.3 is 11.9 Å². The van der Waals surface area contributed by atoms with Gasteiger partial charge in [-0.3, -0.25) is 9.59 Å². The van der Waals surface area contributed by atoms with Crippen molar-refractivity contribution in [2.45, 2.75) is 12.5 Å². The van der Waals surface area contributed by atoms with E-state index >= 15 is 0 Å². The molecule has 0 aliphatic rings. The second-order valence-electron chi connectivity index (χ2n) is 7.22. The van der Waals surface area contributed by atoms with Crippen LogP contribution >= 0.6 is 0 Å². The van der Waals surface area contributed by atoms with E-state index in [0.29, 0.717) is 11.1 Å². The number of methoxy groups -OCH3 is 2. The molecule has 0 aliphatic heterocycles. The molecule has 0 aliphatic carbocycles. The lowest BCUT2D eigenvalue weighted by Gasteiger charge is -2.17. The van der Waals surface area contributed by atoms with Gasteiger partial charge < -0.3 is 14.8 Å². The van der Waals surface area contributed by atoms with Crippen molar-refractivity contribution in [1.82, 2.24) is 5.32 Å². The molecular formula is C26H23NO6. The minimum atomic E-state index is -0.958. The first-order valence-electron chi connectivity index (χ1n) is 10.2. The Morgan fingerprint density at radius 3 is 1.97 bits per heavy atom. The number of ketones is 1. The Labute approximate surface area is 191 Å². The van der Waals surface area contributed by atoms with Crippen LogP contribution in [0, 0.1) is 0 Å². The highest BCUT2D eigenvalue weighted by molar-refractivity contribution is 6.09. The van der Waals surface area contributed by atoms with Gasteiger partial charge in [-0.05, 0) is 23.8 Å². The molecule has 0 saturated carbocycles. The highest BCUT2D eigenvalue weighted by Crippen LogP contribution is 2.14. The Morgan fingerprint density at radius 2 is 1.33 bits per heavy atom. The van der Waals surface area contributed by atoms with Crippen molar-refractivity contribution < 1.29 is 28.7 Å². The first-order chi connectivity index (χ1) is 15.9. The number of esters is 2. The molecule has 1 amide bonds. The SMILES string of the molecule is COC(=O)c1cccc(C(=O)N[C@H](Cc2ccc(C(=O)c3ccccc3)cc2)C(=O)OC)c1. The van der Waals surface area contributed by atoms with Gasteiger partial charge in [0.15, 0.2) is 5.78 Å². The normalized spacial score (nSPS) is 11.2. The molecule has 3 rings (SSSR count). The van der Waals surface area contributed by atoms with Crippen molar-refractivity contribution in [3.63, 3.8) is 0 Å². The summed E-state index contributed by atoms with van der Waals surface area (Å²) in [4.78, 5) is 49.3.